The highest BCUT2D eigenvalue weighted by Crippen LogP contribution is 2.19. The second-order valence-electron chi connectivity index (χ2n) is 4.95. The Balaban J connectivity index is 2.02. The third-order valence-electron chi connectivity index (χ3n) is 3.54. The lowest BCUT2D eigenvalue weighted by Crippen LogP contribution is -2.08. The van der Waals surface area contributed by atoms with Gasteiger partial charge in [0.15, 0.2) is 0 Å². The fourth-order valence-corrected chi connectivity index (χ4v) is 2.48. The highest BCUT2D eigenvalue weighted by molar-refractivity contribution is 5.89. The molecule has 0 spiro atoms. The molecule has 0 unspecified atom stereocenters. The summed E-state index contributed by atoms with van der Waals surface area (Å²) in [5.41, 5.74) is 2.26. The summed E-state index contributed by atoms with van der Waals surface area (Å²) in [5, 5.41) is 7.71. The van der Waals surface area contributed by atoms with E-state index in [0.717, 1.165) is 16.5 Å². The number of H-pyrrole nitrogens is 1. The van der Waals surface area contributed by atoms with Gasteiger partial charge in [-0.3, -0.25) is 4.79 Å². The number of hydrogen-bond acceptors (Lipinski definition) is 4. The number of hydrogen-bond donors (Lipinski definition) is 1. The van der Waals surface area contributed by atoms with Crippen LogP contribution in [-0.2, 0) is 11.2 Å². The quantitative estimate of drug-likeness (QED) is 0.752. The summed E-state index contributed by atoms with van der Waals surface area (Å²) in [4.78, 5) is 23.4. The topological polar surface area (TPSA) is 72.1 Å². The number of methoxy groups -OCH3 is 1. The van der Waals surface area contributed by atoms with Gasteiger partial charge >= 0.3 is 5.97 Å². The van der Waals surface area contributed by atoms with Crippen molar-refractivity contribution in [1.29, 1.82) is 0 Å². The van der Waals surface area contributed by atoms with Crippen molar-refractivity contribution in [3.8, 4) is 0 Å². The molecule has 3 rings (SSSR count). The smallest absolute Gasteiger partial charge is 0.337 e. The van der Waals surface area contributed by atoms with Gasteiger partial charge in [-0.25, -0.2) is 9.89 Å². The first-order chi connectivity index (χ1) is 10.7. The van der Waals surface area contributed by atoms with E-state index < -0.39 is 0 Å². The molecule has 1 N–H and O–H groups in total. The zero-order chi connectivity index (χ0) is 15.5. The second-order valence-corrected chi connectivity index (χ2v) is 4.95. The van der Waals surface area contributed by atoms with Gasteiger partial charge in [-0.15, -0.1) is 0 Å². The van der Waals surface area contributed by atoms with Crippen molar-refractivity contribution in [2.75, 3.05) is 7.11 Å². The van der Waals surface area contributed by atoms with Gasteiger partial charge in [0.1, 0.15) is 0 Å². The standard InChI is InChI=1S/C17H14N2O3/c1-22-17(21)13-6-2-4-11(9-13)8-12-5-3-7-14-15(12)10-18-19-16(14)20/h2-7,9-10H,8H2,1H3,(H,19,20). The molecule has 3 aromatic rings. The highest BCUT2D eigenvalue weighted by atomic mass is 16.5. The number of carbonyl (C=O) groups is 1. The lowest BCUT2D eigenvalue weighted by Gasteiger charge is -2.07. The van der Waals surface area contributed by atoms with E-state index in [4.69, 9.17) is 4.74 Å². The van der Waals surface area contributed by atoms with Gasteiger partial charge in [0.25, 0.3) is 5.56 Å². The maximum absolute atomic E-state index is 11.8. The average Bonchev–Trinajstić information content (AvgIpc) is 2.55. The van der Waals surface area contributed by atoms with Crippen LogP contribution in [0.25, 0.3) is 10.8 Å². The minimum atomic E-state index is -0.363. The molecule has 0 aliphatic heterocycles. The number of fused-ring (bicyclic) bond motifs is 1. The van der Waals surface area contributed by atoms with E-state index in [0.29, 0.717) is 17.4 Å². The lowest BCUT2D eigenvalue weighted by molar-refractivity contribution is 0.0600. The maximum atomic E-state index is 11.8. The van der Waals surface area contributed by atoms with Crippen molar-refractivity contribution in [2.24, 2.45) is 0 Å². The highest BCUT2D eigenvalue weighted by Gasteiger charge is 2.08. The summed E-state index contributed by atoms with van der Waals surface area (Å²) < 4.78 is 4.73. The third-order valence-corrected chi connectivity index (χ3v) is 3.54. The van der Waals surface area contributed by atoms with Crippen LogP contribution in [0.5, 0.6) is 0 Å². The van der Waals surface area contributed by atoms with Gasteiger partial charge in [0.2, 0.25) is 0 Å². The van der Waals surface area contributed by atoms with Crippen molar-refractivity contribution in [3.05, 3.63) is 75.7 Å². The largest absolute Gasteiger partial charge is 0.465 e. The van der Waals surface area contributed by atoms with Crippen molar-refractivity contribution in [3.63, 3.8) is 0 Å². The number of benzene rings is 2. The van der Waals surface area contributed by atoms with Gasteiger partial charge in [-0.1, -0.05) is 24.3 Å². The SMILES string of the molecule is COC(=O)c1cccc(Cc2cccc3c(=O)[nH]ncc23)c1. The fraction of sp³-hybridized carbons (Fsp3) is 0.118. The number of aromatic amines is 1. The molecule has 0 aliphatic rings. The van der Waals surface area contributed by atoms with Crippen LogP contribution < -0.4 is 5.56 Å². The van der Waals surface area contributed by atoms with Gasteiger partial charge < -0.3 is 4.74 Å². The molecule has 0 atom stereocenters. The van der Waals surface area contributed by atoms with Crippen LogP contribution in [0.2, 0.25) is 0 Å². The predicted octanol–water partition coefficient (Wildman–Crippen LogP) is 2.30. The predicted molar refractivity (Wildman–Crippen MR) is 83.0 cm³/mol. The maximum Gasteiger partial charge on any atom is 0.337 e. The Morgan fingerprint density at radius 2 is 2.00 bits per heavy atom. The van der Waals surface area contributed by atoms with Crippen LogP contribution in [0.4, 0.5) is 0 Å². The monoisotopic (exact) mass is 294 g/mol. The van der Waals surface area contributed by atoms with E-state index >= 15 is 0 Å². The van der Waals surface area contributed by atoms with E-state index in [-0.39, 0.29) is 11.5 Å². The number of rotatable bonds is 3. The van der Waals surface area contributed by atoms with E-state index in [1.54, 1.807) is 24.4 Å². The van der Waals surface area contributed by atoms with Crippen LogP contribution in [0, 0.1) is 0 Å². The molecular weight excluding hydrogens is 280 g/mol. The molecule has 0 saturated heterocycles. The molecule has 0 aliphatic carbocycles. The molecule has 0 bridgehead atoms. The fourth-order valence-electron chi connectivity index (χ4n) is 2.48. The number of aromatic nitrogens is 2. The summed E-state index contributed by atoms with van der Waals surface area (Å²) >= 11 is 0. The molecule has 110 valence electrons. The lowest BCUT2D eigenvalue weighted by atomic mass is 9.99. The Kier molecular flexibility index (Phi) is 3.70. The first kappa shape index (κ1) is 14.0. The molecule has 0 saturated carbocycles. The zero-order valence-electron chi connectivity index (χ0n) is 12.0. The Morgan fingerprint density at radius 3 is 2.82 bits per heavy atom. The van der Waals surface area contributed by atoms with Gasteiger partial charge in [0.05, 0.1) is 24.3 Å². The average molecular weight is 294 g/mol. The van der Waals surface area contributed by atoms with E-state index in [2.05, 4.69) is 10.2 Å². The number of esters is 1. The van der Waals surface area contributed by atoms with Crippen molar-refractivity contribution in [2.45, 2.75) is 6.42 Å². The summed E-state index contributed by atoms with van der Waals surface area (Å²) in [6.45, 7) is 0. The van der Waals surface area contributed by atoms with E-state index in [9.17, 15) is 9.59 Å². The Hall–Kier alpha value is -2.95. The molecule has 1 aromatic heterocycles. The summed E-state index contributed by atoms with van der Waals surface area (Å²) in [6.07, 6.45) is 2.25. The minimum Gasteiger partial charge on any atom is -0.465 e. The van der Waals surface area contributed by atoms with Crippen LogP contribution in [0.15, 0.2) is 53.5 Å². The Morgan fingerprint density at radius 1 is 1.18 bits per heavy atom. The Bertz CT molecular complexity index is 900. The van der Waals surface area contributed by atoms with Crippen LogP contribution in [0.1, 0.15) is 21.5 Å². The molecule has 5 heteroatoms. The molecule has 0 fully saturated rings. The summed E-state index contributed by atoms with van der Waals surface area (Å²) in [7, 11) is 1.36. The molecule has 0 amide bonds. The van der Waals surface area contributed by atoms with Crippen LogP contribution in [-0.4, -0.2) is 23.3 Å². The van der Waals surface area contributed by atoms with Gasteiger partial charge in [-0.2, -0.15) is 5.10 Å². The third kappa shape index (κ3) is 2.61. The first-order valence-corrected chi connectivity index (χ1v) is 6.81. The number of nitrogens with one attached hydrogen (secondary N) is 1. The number of nitrogens with zero attached hydrogens (tertiary/aromatic N) is 1. The second kappa shape index (κ2) is 5.81. The van der Waals surface area contributed by atoms with Gasteiger partial charge in [0, 0.05) is 5.39 Å². The molecule has 5 nitrogen and oxygen atoms in total. The van der Waals surface area contributed by atoms with E-state index in [1.807, 2.05) is 24.3 Å². The number of ether oxygens (including phenoxy) is 1. The van der Waals surface area contributed by atoms with Crippen molar-refractivity contribution < 1.29 is 9.53 Å². The summed E-state index contributed by atoms with van der Waals surface area (Å²) in [6, 6.07) is 12.8. The first-order valence-electron chi connectivity index (χ1n) is 6.81. The Labute approximate surface area is 126 Å². The zero-order valence-corrected chi connectivity index (χ0v) is 12.0. The summed E-state index contributed by atoms with van der Waals surface area (Å²) in [5.74, 6) is -0.363. The normalized spacial score (nSPS) is 10.6. The van der Waals surface area contributed by atoms with Crippen molar-refractivity contribution in [1.82, 2.24) is 10.2 Å². The number of carbonyl (C=O) groups excluding carboxylic acids is 1. The van der Waals surface area contributed by atoms with E-state index in [1.165, 1.54) is 7.11 Å². The molecular formula is C17H14N2O3. The van der Waals surface area contributed by atoms with Crippen LogP contribution >= 0.6 is 0 Å². The van der Waals surface area contributed by atoms with Gasteiger partial charge in [-0.05, 0) is 35.7 Å². The van der Waals surface area contributed by atoms with Crippen LogP contribution in [0.3, 0.4) is 0 Å². The molecule has 0 radical (unpaired) electrons. The van der Waals surface area contributed by atoms with Crippen molar-refractivity contribution >= 4 is 16.7 Å². The molecule has 1 heterocycles. The molecule has 2 aromatic carbocycles. The minimum absolute atomic E-state index is 0.206. The molecule has 22 heavy (non-hydrogen) atoms.